The Morgan fingerprint density at radius 2 is 1.88 bits per heavy atom. The largest absolute Gasteiger partial charge is 0.396 e. The van der Waals surface area contributed by atoms with E-state index in [1.54, 1.807) is 0 Å². The number of nitrogens with two attached hydrogens (primary N) is 1. The highest BCUT2D eigenvalue weighted by atomic mass is 16.3. The van der Waals surface area contributed by atoms with Crippen molar-refractivity contribution < 1.29 is 9.90 Å². The molecule has 0 radical (unpaired) electrons. The van der Waals surface area contributed by atoms with Gasteiger partial charge >= 0.3 is 0 Å². The van der Waals surface area contributed by atoms with E-state index in [2.05, 4.69) is 66.8 Å². The maximum Gasteiger partial charge on any atom is 0.248 e. The first-order chi connectivity index (χ1) is 16.0. The lowest BCUT2D eigenvalue weighted by Gasteiger charge is -2.33. The zero-order chi connectivity index (χ0) is 23.4. The average molecular weight is 445 g/mol. The highest BCUT2D eigenvalue weighted by Crippen LogP contribution is 2.36. The average Bonchev–Trinajstić information content (AvgIpc) is 2.84. The Kier molecular flexibility index (Phi) is 7.46. The molecule has 1 saturated carbocycles. The monoisotopic (exact) mass is 444 g/mol. The first kappa shape index (κ1) is 23.5. The van der Waals surface area contributed by atoms with Crippen LogP contribution in [0.15, 0.2) is 60.7 Å². The SMILES string of the molecule is CC[C@H](CO)c1cc(C2CCCC(N[C@H](C)c3cccc4ccccc34)C2)ccc1C(N)=O. The van der Waals surface area contributed by atoms with Crippen molar-refractivity contribution >= 4 is 16.7 Å². The zero-order valence-electron chi connectivity index (χ0n) is 19.8. The summed E-state index contributed by atoms with van der Waals surface area (Å²) in [5.41, 5.74) is 9.66. The molecule has 4 nitrogen and oxygen atoms in total. The molecule has 4 heteroatoms. The van der Waals surface area contributed by atoms with Crippen LogP contribution in [0.25, 0.3) is 10.8 Å². The number of carbonyl (C=O) groups excluding carboxylic acids is 1. The Balaban J connectivity index is 1.53. The van der Waals surface area contributed by atoms with Crippen molar-refractivity contribution in [2.24, 2.45) is 5.73 Å². The summed E-state index contributed by atoms with van der Waals surface area (Å²) >= 11 is 0. The van der Waals surface area contributed by atoms with Gasteiger partial charge in [-0.1, -0.05) is 67.9 Å². The number of hydrogen-bond donors (Lipinski definition) is 3. The number of amides is 1. The van der Waals surface area contributed by atoms with Crippen LogP contribution in [-0.4, -0.2) is 23.7 Å². The Morgan fingerprint density at radius 1 is 1.09 bits per heavy atom. The smallest absolute Gasteiger partial charge is 0.248 e. The number of carbonyl (C=O) groups is 1. The third-order valence-electron chi connectivity index (χ3n) is 7.42. The second-order valence-electron chi connectivity index (χ2n) is 9.52. The quantitative estimate of drug-likeness (QED) is 0.411. The molecule has 1 aliphatic rings. The zero-order valence-corrected chi connectivity index (χ0v) is 19.8. The van der Waals surface area contributed by atoms with Gasteiger partial charge in [-0.15, -0.1) is 0 Å². The Labute approximate surface area is 197 Å². The van der Waals surface area contributed by atoms with Gasteiger partial charge in [0.15, 0.2) is 0 Å². The van der Waals surface area contributed by atoms with Gasteiger partial charge in [0, 0.05) is 30.2 Å². The van der Waals surface area contributed by atoms with Gasteiger partial charge in [-0.2, -0.15) is 0 Å². The van der Waals surface area contributed by atoms with Crippen LogP contribution in [-0.2, 0) is 0 Å². The van der Waals surface area contributed by atoms with Gasteiger partial charge in [-0.05, 0) is 72.1 Å². The second-order valence-corrected chi connectivity index (χ2v) is 9.52. The summed E-state index contributed by atoms with van der Waals surface area (Å²) < 4.78 is 0. The number of aliphatic hydroxyl groups is 1. The molecule has 0 saturated heterocycles. The first-order valence-electron chi connectivity index (χ1n) is 12.3. The molecule has 174 valence electrons. The maximum atomic E-state index is 12.0. The van der Waals surface area contributed by atoms with Crippen LogP contribution in [0.2, 0.25) is 0 Å². The molecule has 3 aromatic carbocycles. The molecule has 0 bridgehead atoms. The number of rotatable bonds is 8. The van der Waals surface area contributed by atoms with Crippen molar-refractivity contribution in [3.63, 3.8) is 0 Å². The molecule has 0 spiro atoms. The lowest BCUT2D eigenvalue weighted by molar-refractivity contribution is 0.0998. The topological polar surface area (TPSA) is 75.3 Å². The van der Waals surface area contributed by atoms with E-state index in [1.165, 1.54) is 34.7 Å². The summed E-state index contributed by atoms with van der Waals surface area (Å²) in [4.78, 5) is 12.0. The number of aliphatic hydroxyl groups excluding tert-OH is 1. The Morgan fingerprint density at radius 3 is 2.64 bits per heavy atom. The van der Waals surface area contributed by atoms with Crippen LogP contribution in [0, 0.1) is 0 Å². The van der Waals surface area contributed by atoms with Gasteiger partial charge in [-0.3, -0.25) is 4.79 Å². The van der Waals surface area contributed by atoms with E-state index in [-0.39, 0.29) is 18.6 Å². The molecular formula is C29H36N2O2. The van der Waals surface area contributed by atoms with Crippen molar-refractivity contribution in [3.8, 4) is 0 Å². The van der Waals surface area contributed by atoms with Crippen LogP contribution >= 0.6 is 0 Å². The fraction of sp³-hybridized carbons (Fsp3) is 0.414. The van der Waals surface area contributed by atoms with E-state index in [1.807, 2.05) is 13.0 Å². The van der Waals surface area contributed by atoms with Crippen LogP contribution in [0.3, 0.4) is 0 Å². The van der Waals surface area contributed by atoms with Crippen LogP contribution in [0.5, 0.6) is 0 Å². The Hall–Kier alpha value is -2.69. The highest BCUT2D eigenvalue weighted by Gasteiger charge is 2.26. The number of fused-ring (bicyclic) bond motifs is 1. The summed E-state index contributed by atoms with van der Waals surface area (Å²) in [6, 6.07) is 21.9. The predicted molar refractivity (Wildman–Crippen MR) is 136 cm³/mol. The van der Waals surface area contributed by atoms with E-state index >= 15 is 0 Å². The van der Waals surface area contributed by atoms with Gasteiger partial charge in [0.1, 0.15) is 0 Å². The lowest BCUT2D eigenvalue weighted by atomic mass is 9.79. The summed E-state index contributed by atoms with van der Waals surface area (Å²) in [7, 11) is 0. The molecule has 33 heavy (non-hydrogen) atoms. The van der Waals surface area contributed by atoms with Crippen LogP contribution in [0.4, 0.5) is 0 Å². The summed E-state index contributed by atoms with van der Waals surface area (Å²) in [5.74, 6) is -0.0419. The minimum Gasteiger partial charge on any atom is -0.396 e. The summed E-state index contributed by atoms with van der Waals surface area (Å²) in [6.45, 7) is 4.32. The molecule has 1 aliphatic carbocycles. The summed E-state index contributed by atoms with van der Waals surface area (Å²) in [5, 5.41) is 16.3. The molecular weight excluding hydrogens is 408 g/mol. The van der Waals surface area contributed by atoms with Gasteiger partial charge in [0.25, 0.3) is 0 Å². The number of benzene rings is 3. The second kappa shape index (κ2) is 10.5. The normalized spacial score (nSPS) is 20.5. The molecule has 0 aliphatic heterocycles. The van der Waals surface area contributed by atoms with Crippen molar-refractivity contribution in [3.05, 3.63) is 82.9 Å². The fourth-order valence-corrected chi connectivity index (χ4v) is 5.56. The Bertz CT molecular complexity index is 1100. The van der Waals surface area contributed by atoms with E-state index in [0.717, 1.165) is 24.8 Å². The maximum absolute atomic E-state index is 12.0. The van der Waals surface area contributed by atoms with Crippen molar-refractivity contribution in [2.75, 3.05) is 6.61 Å². The first-order valence-corrected chi connectivity index (χ1v) is 12.3. The fourth-order valence-electron chi connectivity index (χ4n) is 5.56. The minimum atomic E-state index is -0.421. The van der Waals surface area contributed by atoms with Gasteiger partial charge in [0.05, 0.1) is 0 Å². The molecule has 4 atom stereocenters. The number of nitrogens with one attached hydrogen (secondary N) is 1. The third-order valence-corrected chi connectivity index (χ3v) is 7.42. The minimum absolute atomic E-state index is 0.0254. The molecule has 2 unspecified atom stereocenters. The summed E-state index contributed by atoms with van der Waals surface area (Å²) in [6.07, 6.45) is 5.34. The van der Waals surface area contributed by atoms with Crippen molar-refractivity contribution in [1.29, 1.82) is 0 Å². The van der Waals surface area contributed by atoms with E-state index in [9.17, 15) is 9.90 Å². The molecule has 0 aromatic heterocycles. The van der Waals surface area contributed by atoms with E-state index in [4.69, 9.17) is 5.73 Å². The molecule has 4 rings (SSSR count). The standard InChI is InChI=1S/C29H36N2O2/c1-3-20(18-32)28-17-23(14-15-27(28)29(30)33)22-10-6-11-24(16-22)31-19(2)25-13-7-9-21-8-4-5-12-26(21)25/h4-5,7-9,12-15,17,19-20,22,24,31-32H,3,6,10-11,16,18H2,1-2H3,(H2,30,33)/t19-,20-,22?,24?/m1/s1. The molecule has 0 heterocycles. The molecule has 1 amide bonds. The molecule has 4 N–H and O–H groups in total. The van der Waals surface area contributed by atoms with Gasteiger partial charge < -0.3 is 16.2 Å². The van der Waals surface area contributed by atoms with Crippen molar-refractivity contribution in [1.82, 2.24) is 5.32 Å². The van der Waals surface area contributed by atoms with Crippen LogP contribution in [0.1, 0.15) is 90.9 Å². The van der Waals surface area contributed by atoms with E-state index < -0.39 is 5.91 Å². The lowest BCUT2D eigenvalue weighted by Crippen LogP contribution is -2.35. The highest BCUT2D eigenvalue weighted by molar-refractivity contribution is 5.94. The van der Waals surface area contributed by atoms with Crippen LogP contribution < -0.4 is 11.1 Å². The number of hydrogen-bond acceptors (Lipinski definition) is 3. The molecule has 3 aromatic rings. The van der Waals surface area contributed by atoms with Crippen molar-refractivity contribution in [2.45, 2.75) is 69.9 Å². The van der Waals surface area contributed by atoms with E-state index in [0.29, 0.717) is 17.5 Å². The number of primary amides is 1. The predicted octanol–water partition coefficient (Wildman–Crippen LogP) is 5.80. The third kappa shape index (κ3) is 5.13. The molecule has 1 fully saturated rings. The van der Waals surface area contributed by atoms with Gasteiger partial charge in [0.2, 0.25) is 5.91 Å². The van der Waals surface area contributed by atoms with Gasteiger partial charge in [-0.25, -0.2) is 0 Å².